The first-order chi connectivity index (χ1) is 25.3. The van der Waals surface area contributed by atoms with E-state index < -0.39 is 0 Å². The highest BCUT2D eigenvalue weighted by Crippen LogP contribution is 2.38. The van der Waals surface area contributed by atoms with Gasteiger partial charge in [0.2, 0.25) is 0 Å². The van der Waals surface area contributed by atoms with Crippen molar-refractivity contribution in [1.82, 2.24) is 9.13 Å². The first kappa shape index (κ1) is 28.2. The van der Waals surface area contributed by atoms with Crippen molar-refractivity contribution in [3.63, 3.8) is 0 Å². The van der Waals surface area contributed by atoms with Crippen LogP contribution in [-0.4, -0.2) is 21.9 Å². The fourth-order valence-corrected chi connectivity index (χ4v) is 8.31. The molecule has 0 N–H and O–H groups in total. The third-order valence-corrected chi connectivity index (χ3v) is 10.7. The molecule has 10 aromatic rings. The Labute approximate surface area is 293 Å². The van der Waals surface area contributed by atoms with Crippen LogP contribution in [0.3, 0.4) is 0 Å². The summed E-state index contributed by atoms with van der Waals surface area (Å²) < 4.78 is 11.1. The van der Waals surface area contributed by atoms with Crippen LogP contribution in [0.2, 0.25) is 0 Å². The molecule has 4 heteroatoms. The van der Waals surface area contributed by atoms with Crippen LogP contribution in [0.5, 0.6) is 0 Å². The lowest BCUT2D eigenvalue weighted by Gasteiger charge is -2.18. The average Bonchev–Trinajstić information content (AvgIpc) is 3.85. The SMILES string of the molecule is C1=NCC(c2ccc3c4ccccc4n(-c4ccccc4)c3c2)C=C1c1ccc2oc3ccc(-n4c5ccccc5c5ccccc54)cc3c2c1. The second kappa shape index (κ2) is 10.9. The van der Waals surface area contributed by atoms with Gasteiger partial charge in [0.25, 0.3) is 0 Å². The van der Waals surface area contributed by atoms with E-state index in [2.05, 4.69) is 173 Å². The molecular weight excluding hydrogens is 623 g/mol. The number of nitrogens with zero attached hydrogens (tertiary/aromatic N) is 3. The van der Waals surface area contributed by atoms with E-state index in [1.807, 2.05) is 6.21 Å². The number of aliphatic imine (C=N–C) groups is 1. The van der Waals surface area contributed by atoms with Crippen molar-refractivity contribution in [2.75, 3.05) is 6.54 Å². The Hall–Kier alpha value is -6.65. The summed E-state index contributed by atoms with van der Waals surface area (Å²) in [6, 6.07) is 56.7. The number of rotatable bonds is 4. The molecule has 0 bridgehead atoms. The highest BCUT2D eigenvalue weighted by atomic mass is 16.3. The molecule has 11 rings (SSSR count). The van der Waals surface area contributed by atoms with E-state index in [1.54, 1.807) is 0 Å². The van der Waals surface area contributed by atoms with Gasteiger partial charge in [-0.1, -0.05) is 97.1 Å². The van der Waals surface area contributed by atoms with Gasteiger partial charge >= 0.3 is 0 Å². The van der Waals surface area contributed by atoms with Crippen LogP contribution >= 0.6 is 0 Å². The second-order valence-corrected chi connectivity index (χ2v) is 13.6. The molecule has 4 nitrogen and oxygen atoms in total. The second-order valence-electron chi connectivity index (χ2n) is 13.6. The van der Waals surface area contributed by atoms with Gasteiger partial charge in [-0.05, 0) is 83.4 Å². The van der Waals surface area contributed by atoms with Crippen LogP contribution in [0.15, 0.2) is 173 Å². The molecule has 1 unspecified atom stereocenters. The highest BCUT2D eigenvalue weighted by Gasteiger charge is 2.19. The summed E-state index contributed by atoms with van der Waals surface area (Å²) in [6.07, 6.45) is 4.42. The van der Waals surface area contributed by atoms with E-state index >= 15 is 0 Å². The lowest BCUT2D eigenvalue weighted by Crippen LogP contribution is -2.07. The molecule has 3 aromatic heterocycles. The summed E-state index contributed by atoms with van der Waals surface area (Å²) in [5, 5.41) is 7.25. The van der Waals surface area contributed by atoms with Crippen molar-refractivity contribution in [2.45, 2.75) is 5.92 Å². The van der Waals surface area contributed by atoms with Gasteiger partial charge < -0.3 is 13.6 Å². The van der Waals surface area contributed by atoms with Gasteiger partial charge in [-0.2, -0.15) is 0 Å². The summed E-state index contributed by atoms with van der Waals surface area (Å²) in [7, 11) is 0. The number of fused-ring (bicyclic) bond motifs is 9. The zero-order chi connectivity index (χ0) is 33.5. The summed E-state index contributed by atoms with van der Waals surface area (Å²) in [4.78, 5) is 4.91. The van der Waals surface area contributed by atoms with Gasteiger partial charge in [0.1, 0.15) is 11.2 Å². The fourth-order valence-electron chi connectivity index (χ4n) is 8.31. The van der Waals surface area contributed by atoms with Crippen LogP contribution in [0.1, 0.15) is 17.0 Å². The van der Waals surface area contributed by atoms with Crippen molar-refractivity contribution in [3.8, 4) is 11.4 Å². The number of para-hydroxylation sites is 4. The molecule has 0 saturated heterocycles. The van der Waals surface area contributed by atoms with Crippen molar-refractivity contribution < 1.29 is 4.42 Å². The Morgan fingerprint density at radius 2 is 1.06 bits per heavy atom. The predicted octanol–water partition coefficient (Wildman–Crippen LogP) is 12.0. The topological polar surface area (TPSA) is 35.4 Å². The Balaban J connectivity index is 1.02. The molecule has 4 heterocycles. The molecule has 0 saturated carbocycles. The lowest BCUT2D eigenvalue weighted by atomic mass is 9.91. The van der Waals surface area contributed by atoms with Gasteiger partial charge in [-0.3, -0.25) is 4.99 Å². The molecule has 1 aliphatic heterocycles. The normalized spacial score (nSPS) is 14.8. The molecule has 240 valence electrons. The molecule has 0 amide bonds. The smallest absolute Gasteiger partial charge is 0.135 e. The van der Waals surface area contributed by atoms with Crippen molar-refractivity contribution in [3.05, 3.63) is 175 Å². The summed E-state index contributed by atoms with van der Waals surface area (Å²) in [5.41, 5.74) is 12.4. The van der Waals surface area contributed by atoms with E-state index in [0.29, 0.717) is 0 Å². The maximum Gasteiger partial charge on any atom is 0.135 e. The van der Waals surface area contributed by atoms with Crippen LogP contribution in [0, 0.1) is 0 Å². The Bertz CT molecular complexity index is 3010. The molecule has 1 atom stereocenters. The van der Waals surface area contributed by atoms with Gasteiger partial charge in [0.05, 0.1) is 22.1 Å². The molecular formula is C47H31N3O. The number of allylic oxidation sites excluding steroid dienone is 1. The van der Waals surface area contributed by atoms with E-state index in [-0.39, 0.29) is 5.92 Å². The monoisotopic (exact) mass is 653 g/mol. The minimum atomic E-state index is 0.162. The zero-order valence-corrected chi connectivity index (χ0v) is 27.7. The fraction of sp³-hybridized carbons (Fsp3) is 0.0426. The summed E-state index contributed by atoms with van der Waals surface area (Å²) in [5.74, 6) is 0.162. The zero-order valence-electron chi connectivity index (χ0n) is 27.7. The van der Waals surface area contributed by atoms with Gasteiger partial charge in [-0.15, -0.1) is 0 Å². The van der Waals surface area contributed by atoms with Crippen LogP contribution in [0.4, 0.5) is 0 Å². The van der Waals surface area contributed by atoms with Crippen molar-refractivity contribution >= 4 is 77.3 Å². The molecule has 0 fully saturated rings. The van der Waals surface area contributed by atoms with Gasteiger partial charge in [0, 0.05) is 62.4 Å². The quantitative estimate of drug-likeness (QED) is 0.186. The minimum absolute atomic E-state index is 0.162. The Morgan fingerprint density at radius 1 is 0.471 bits per heavy atom. The van der Waals surface area contributed by atoms with E-state index in [9.17, 15) is 0 Å². The van der Waals surface area contributed by atoms with Crippen molar-refractivity contribution in [1.29, 1.82) is 0 Å². The average molecular weight is 654 g/mol. The number of furan rings is 1. The molecule has 1 aliphatic rings. The molecule has 0 radical (unpaired) electrons. The highest BCUT2D eigenvalue weighted by molar-refractivity contribution is 6.15. The summed E-state index contributed by atoms with van der Waals surface area (Å²) >= 11 is 0. The maximum absolute atomic E-state index is 6.38. The molecule has 0 spiro atoms. The standard InChI is InChI=1S/C47H31N3O/c1-2-10-34(11-3-1)49-42-15-7-6-14-38(42)39-21-18-31(26-45(39)49)33-24-32(28-48-29-33)30-19-22-46-40(25-30)41-27-35(20-23-47(41)51-46)50-43-16-8-4-12-36(43)37-13-5-9-17-44(37)50/h1-28,33H,29H2. The first-order valence-corrected chi connectivity index (χ1v) is 17.5. The first-order valence-electron chi connectivity index (χ1n) is 17.5. The molecule has 0 aliphatic carbocycles. The van der Waals surface area contributed by atoms with E-state index in [0.717, 1.165) is 45.3 Å². The molecule has 51 heavy (non-hydrogen) atoms. The largest absolute Gasteiger partial charge is 0.456 e. The van der Waals surface area contributed by atoms with Crippen LogP contribution in [0.25, 0.3) is 82.5 Å². The van der Waals surface area contributed by atoms with E-state index in [1.165, 1.54) is 54.9 Å². The third-order valence-electron chi connectivity index (χ3n) is 10.7. The van der Waals surface area contributed by atoms with Crippen molar-refractivity contribution in [2.24, 2.45) is 4.99 Å². The maximum atomic E-state index is 6.38. The minimum Gasteiger partial charge on any atom is -0.456 e. The molecule has 7 aromatic carbocycles. The predicted molar refractivity (Wildman–Crippen MR) is 213 cm³/mol. The number of hydrogen-bond acceptors (Lipinski definition) is 2. The Morgan fingerprint density at radius 3 is 1.76 bits per heavy atom. The van der Waals surface area contributed by atoms with Crippen LogP contribution < -0.4 is 0 Å². The lowest BCUT2D eigenvalue weighted by molar-refractivity contribution is 0.669. The number of dihydropyridines is 1. The van der Waals surface area contributed by atoms with Crippen LogP contribution in [-0.2, 0) is 0 Å². The number of benzene rings is 7. The van der Waals surface area contributed by atoms with Gasteiger partial charge in [0.15, 0.2) is 0 Å². The Kier molecular flexibility index (Phi) is 6.05. The third kappa shape index (κ3) is 4.30. The number of aromatic nitrogens is 2. The number of hydrogen-bond donors (Lipinski definition) is 0. The van der Waals surface area contributed by atoms with Gasteiger partial charge in [-0.25, -0.2) is 0 Å². The summed E-state index contributed by atoms with van der Waals surface area (Å²) in [6.45, 7) is 0.722. The van der Waals surface area contributed by atoms with E-state index in [4.69, 9.17) is 9.41 Å².